The number of Topliss-reactive ketones (excluding diaryl/α,β-unsaturated/α-hetero) is 2. The molecule has 2 rings (SSSR count). The Hall–Kier alpha value is -2.86. The van der Waals surface area contributed by atoms with Gasteiger partial charge < -0.3 is 10.1 Å². The van der Waals surface area contributed by atoms with Crippen LogP contribution in [0.5, 0.6) is 0 Å². The molecule has 1 amide bonds. The molecular formula is C16H14N2O4. The first-order chi connectivity index (χ1) is 10.6. The number of ketones is 2. The Morgan fingerprint density at radius 3 is 2.41 bits per heavy atom. The van der Waals surface area contributed by atoms with Crippen LogP contribution in [0.3, 0.4) is 0 Å². The summed E-state index contributed by atoms with van der Waals surface area (Å²) in [4.78, 5) is 39.6. The number of benzene rings is 1. The summed E-state index contributed by atoms with van der Waals surface area (Å²) in [5.74, 6) is -1.61. The average molecular weight is 298 g/mol. The van der Waals surface area contributed by atoms with Crippen molar-refractivity contribution in [3.63, 3.8) is 0 Å². The molecular weight excluding hydrogens is 284 g/mol. The Kier molecular flexibility index (Phi) is 5.11. The molecule has 0 aliphatic rings. The lowest BCUT2D eigenvalue weighted by molar-refractivity contribution is -0.119. The SMILES string of the molecule is COCC(=O)Nc1cccc(C(=O)C(=O)c2ccncc2)c1. The molecule has 0 spiro atoms. The molecule has 22 heavy (non-hydrogen) atoms. The molecule has 0 saturated heterocycles. The number of hydrogen-bond donors (Lipinski definition) is 1. The number of nitrogens with zero attached hydrogens (tertiary/aromatic N) is 1. The topological polar surface area (TPSA) is 85.4 Å². The van der Waals surface area contributed by atoms with Gasteiger partial charge in [-0.3, -0.25) is 19.4 Å². The summed E-state index contributed by atoms with van der Waals surface area (Å²) in [5.41, 5.74) is 0.904. The molecule has 0 saturated carbocycles. The zero-order valence-corrected chi connectivity index (χ0v) is 11.9. The maximum atomic E-state index is 12.2. The van der Waals surface area contributed by atoms with E-state index in [9.17, 15) is 14.4 Å². The second kappa shape index (κ2) is 7.24. The second-order valence-corrected chi connectivity index (χ2v) is 4.46. The highest BCUT2D eigenvalue weighted by atomic mass is 16.5. The summed E-state index contributed by atoms with van der Waals surface area (Å²) in [5, 5.41) is 2.58. The minimum Gasteiger partial charge on any atom is -0.375 e. The number of aromatic nitrogens is 1. The number of anilines is 1. The van der Waals surface area contributed by atoms with Gasteiger partial charge in [-0.15, -0.1) is 0 Å². The van der Waals surface area contributed by atoms with Crippen molar-refractivity contribution in [3.8, 4) is 0 Å². The van der Waals surface area contributed by atoms with Crippen LogP contribution in [0.15, 0.2) is 48.8 Å². The molecule has 6 nitrogen and oxygen atoms in total. The molecule has 0 fully saturated rings. The fourth-order valence-electron chi connectivity index (χ4n) is 1.83. The maximum absolute atomic E-state index is 12.2. The standard InChI is InChI=1S/C16H14N2O4/c1-22-10-14(19)18-13-4-2-3-12(9-13)16(21)15(20)11-5-7-17-8-6-11/h2-9H,10H2,1H3,(H,18,19). The molecule has 2 aromatic rings. The number of nitrogens with one attached hydrogen (secondary N) is 1. The third-order valence-electron chi connectivity index (χ3n) is 2.83. The van der Waals surface area contributed by atoms with E-state index in [-0.39, 0.29) is 23.6 Å². The summed E-state index contributed by atoms with van der Waals surface area (Å²) in [6.07, 6.45) is 2.89. The predicted octanol–water partition coefficient (Wildman–Crippen LogP) is 1.73. The van der Waals surface area contributed by atoms with Crippen LogP contribution in [0.1, 0.15) is 20.7 Å². The highest BCUT2D eigenvalue weighted by molar-refractivity contribution is 6.49. The molecule has 0 unspecified atom stereocenters. The van der Waals surface area contributed by atoms with E-state index in [2.05, 4.69) is 10.3 Å². The van der Waals surface area contributed by atoms with Crippen molar-refractivity contribution in [2.75, 3.05) is 19.0 Å². The number of amides is 1. The third kappa shape index (κ3) is 3.83. The average Bonchev–Trinajstić information content (AvgIpc) is 2.54. The summed E-state index contributed by atoms with van der Waals surface area (Å²) < 4.78 is 4.71. The number of pyridine rings is 1. The van der Waals surface area contributed by atoms with Gasteiger partial charge in [0, 0.05) is 36.3 Å². The van der Waals surface area contributed by atoms with Gasteiger partial charge in [-0.25, -0.2) is 0 Å². The fourth-order valence-corrected chi connectivity index (χ4v) is 1.83. The first-order valence-corrected chi connectivity index (χ1v) is 6.49. The van der Waals surface area contributed by atoms with E-state index in [0.29, 0.717) is 5.69 Å². The largest absolute Gasteiger partial charge is 0.375 e. The number of carbonyl (C=O) groups excluding carboxylic acids is 3. The van der Waals surface area contributed by atoms with Crippen molar-refractivity contribution >= 4 is 23.2 Å². The lowest BCUT2D eigenvalue weighted by Gasteiger charge is -2.06. The Balaban J connectivity index is 2.17. The van der Waals surface area contributed by atoms with E-state index < -0.39 is 11.6 Å². The molecule has 0 atom stereocenters. The predicted molar refractivity (Wildman–Crippen MR) is 79.8 cm³/mol. The van der Waals surface area contributed by atoms with E-state index in [0.717, 1.165) is 0 Å². The van der Waals surface area contributed by atoms with Crippen LogP contribution in [0.2, 0.25) is 0 Å². The van der Waals surface area contributed by atoms with Gasteiger partial charge in [-0.1, -0.05) is 12.1 Å². The number of methoxy groups -OCH3 is 1. The van der Waals surface area contributed by atoms with Gasteiger partial charge in [0.05, 0.1) is 0 Å². The first kappa shape index (κ1) is 15.5. The summed E-state index contributed by atoms with van der Waals surface area (Å²) in [6.45, 7) is -0.0892. The van der Waals surface area contributed by atoms with Crippen LogP contribution in [0.4, 0.5) is 5.69 Å². The lowest BCUT2D eigenvalue weighted by atomic mass is 10.0. The zero-order chi connectivity index (χ0) is 15.9. The van der Waals surface area contributed by atoms with Crippen molar-refractivity contribution in [3.05, 3.63) is 59.9 Å². The molecule has 1 aromatic heterocycles. The maximum Gasteiger partial charge on any atom is 0.250 e. The van der Waals surface area contributed by atoms with Crippen LogP contribution in [0, 0.1) is 0 Å². The first-order valence-electron chi connectivity index (χ1n) is 6.49. The van der Waals surface area contributed by atoms with Gasteiger partial charge in [0.2, 0.25) is 17.5 Å². The minimum absolute atomic E-state index is 0.0892. The quantitative estimate of drug-likeness (QED) is 0.648. The molecule has 1 aromatic carbocycles. The highest BCUT2D eigenvalue weighted by Gasteiger charge is 2.18. The van der Waals surface area contributed by atoms with E-state index in [1.807, 2.05) is 0 Å². The van der Waals surface area contributed by atoms with Crippen molar-refractivity contribution in [2.24, 2.45) is 0 Å². The lowest BCUT2D eigenvalue weighted by Crippen LogP contribution is -2.18. The highest BCUT2D eigenvalue weighted by Crippen LogP contribution is 2.13. The summed E-state index contributed by atoms with van der Waals surface area (Å²) in [7, 11) is 1.41. The zero-order valence-electron chi connectivity index (χ0n) is 11.9. The molecule has 1 heterocycles. The van der Waals surface area contributed by atoms with Crippen molar-refractivity contribution < 1.29 is 19.1 Å². The van der Waals surface area contributed by atoms with E-state index in [4.69, 9.17) is 4.74 Å². The van der Waals surface area contributed by atoms with Gasteiger partial charge in [-0.05, 0) is 24.3 Å². The van der Waals surface area contributed by atoms with Crippen molar-refractivity contribution in [1.29, 1.82) is 0 Å². The molecule has 6 heteroatoms. The Morgan fingerprint density at radius 2 is 1.73 bits per heavy atom. The van der Waals surface area contributed by atoms with Crippen LogP contribution in [-0.2, 0) is 9.53 Å². The molecule has 0 aliphatic heterocycles. The molecule has 0 aliphatic carbocycles. The van der Waals surface area contributed by atoms with Crippen molar-refractivity contribution in [2.45, 2.75) is 0 Å². The van der Waals surface area contributed by atoms with E-state index >= 15 is 0 Å². The summed E-state index contributed by atoms with van der Waals surface area (Å²) >= 11 is 0. The monoisotopic (exact) mass is 298 g/mol. The van der Waals surface area contributed by atoms with E-state index in [1.54, 1.807) is 12.1 Å². The van der Waals surface area contributed by atoms with Gasteiger partial charge in [0.15, 0.2) is 0 Å². The fraction of sp³-hybridized carbons (Fsp3) is 0.125. The van der Waals surface area contributed by atoms with Crippen LogP contribution < -0.4 is 5.32 Å². The van der Waals surface area contributed by atoms with Gasteiger partial charge >= 0.3 is 0 Å². The third-order valence-corrected chi connectivity index (χ3v) is 2.83. The number of carbonyl (C=O) groups is 3. The Labute approximate surface area is 127 Å². The second-order valence-electron chi connectivity index (χ2n) is 4.46. The van der Waals surface area contributed by atoms with Crippen LogP contribution >= 0.6 is 0 Å². The molecule has 1 N–H and O–H groups in total. The van der Waals surface area contributed by atoms with Crippen LogP contribution in [0.25, 0.3) is 0 Å². The van der Waals surface area contributed by atoms with Crippen LogP contribution in [-0.4, -0.2) is 36.2 Å². The van der Waals surface area contributed by atoms with Crippen molar-refractivity contribution in [1.82, 2.24) is 4.98 Å². The molecule has 112 valence electrons. The number of hydrogen-bond acceptors (Lipinski definition) is 5. The smallest absolute Gasteiger partial charge is 0.250 e. The van der Waals surface area contributed by atoms with Gasteiger partial charge in [-0.2, -0.15) is 0 Å². The number of ether oxygens (including phenoxy) is 1. The normalized spacial score (nSPS) is 10.0. The van der Waals surface area contributed by atoms with Gasteiger partial charge in [0.25, 0.3) is 0 Å². The molecule has 0 bridgehead atoms. The molecule has 0 radical (unpaired) electrons. The van der Waals surface area contributed by atoms with E-state index in [1.165, 1.54) is 43.8 Å². The Morgan fingerprint density at radius 1 is 1.05 bits per heavy atom. The Bertz CT molecular complexity index is 698. The summed E-state index contributed by atoms with van der Waals surface area (Å²) in [6, 6.07) is 9.15. The number of rotatable bonds is 6. The van der Waals surface area contributed by atoms with Gasteiger partial charge in [0.1, 0.15) is 6.61 Å². The minimum atomic E-state index is -0.644.